The van der Waals surface area contributed by atoms with Crippen LogP contribution >= 0.6 is 0 Å². The smallest absolute Gasteiger partial charge is 0.337 e. The number of hydrogen-bond donors (Lipinski definition) is 1. The van der Waals surface area contributed by atoms with Crippen LogP contribution < -0.4 is 9.57 Å². The molecule has 30 heavy (non-hydrogen) atoms. The number of nitrogens with zero attached hydrogens (tertiary/aromatic N) is 1. The van der Waals surface area contributed by atoms with Crippen LogP contribution in [0.25, 0.3) is 0 Å². The van der Waals surface area contributed by atoms with Crippen molar-refractivity contribution < 1.29 is 22.7 Å². The van der Waals surface area contributed by atoms with Gasteiger partial charge in [0.1, 0.15) is 12.4 Å². The molecule has 0 aliphatic carbocycles. The highest BCUT2D eigenvalue weighted by molar-refractivity contribution is 7.89. The first-order valence-corrected chi connectivity index (χ1v) is 10.5. The second-order valence-corrected chi connectivity index (χ2v) is 7.87. The molecular weight excluding hydrogens is 404 g/mol. The zero-order chi connectivity index (χ0) is 21.4. The largest absolute Gasteiger partial charge is 0.489 e. The summed E-state index contributed by atoms with van der Waals surface area (Å²) in [6.45, 7) is 0.339. The third kappa shape index (κ3) is 5.68. The van der Waals surface area contributed by atoms with Crippen LogP contribution in [0.1, 0.15) is 21.5 Å². The molecule has 0 radical (unpaired) electrons. The van der Waals surface area contributed by atoms with Crippen molar-refractivity contribution in [1.29, 1.82) is 0 Å². The Kier molecular flexibility index (Phi) is 6.82. The van der Waals surface area contributed by atoms with Gasteiger partial charge < -0.3 is 9.47 Å². The Morgan fingerprint density at radius 2 is 1.63 bits per heavy atom. The summed E-state index contributed by atoms with van der Waals surface area (Å²) >= 11 is 0. The van der Waals surface area contributed by atoms with Gasteiger partial charge in [-0.05, 0) is 59.7 Å². The fraction of sp³-hybridized carbons (Fsp3) is 0.0909. The Morgan fingerprint density at radius 1 is 0.967 bits per heavy atom. The lowest BCUT2D eigenvalue weighted by Crippen LogP contribution is -2.18. The predicted molar refractivity (Wildman–Crippen MR) is 113 cm³/mol. The van der Waals surface area contributed by atoms with Crippen molar-refractivity contribution in [3.63, 3.8) is 0 Å². The van der Waals surface area contributed by atoms with Gasteiger partial charge in [-0.15, -0.1) is 0 Å². The van der Waals surface area contributed by atoms with Crippen LogP contribution in [0.3, 0.4) is 0 Å². The number of sulfonamides is 1. The third-order valence-electron chi connectivity index (χ3n) is 4.10. The van der Waals surface area contributed by atoms with Gasteiger partial charge in [-0.25, -0.2) is 9.63 Å². The van der Waals surface area contributed by atoms with E-state index in [1.807, 2.05) is 0 Å². The number of esters is 1. The number of ether oxygens (including phenoxy) is 2. The summed E-state index contributed by atoms with van der Waals surface area (Å²) in [5.74, 6) is 0.264. The summed E-state index contributed by atoms with van der Waals surface area (Å²) in [6, 6.07) is 22.0. The van der Waals surface area contributed by atoms with Crippen molar-refractivity contribution in [2.24, 2.45) is 5.10 Å². The van der Waals surface area contributed by atoms with Gasteiger partial charge in [0.25, 0.3) is 10.0 Å². The van der Waals surface area contributed by atoms with Gasteiger partial charge in [0.2, 0.25) is 0 Å². The second kappa shape index (κ2) is 9.71. The maximum atomic E-state index is 12.1. The third-order valence-corrected chi connectivity index (χ3v) is 5.34. The maximum absolute atomic E-state index is 12.1. The minimum atomic E-state index is -3.69. The molecule has 0 fully saturated rings. The van der Waals surface area contributed by atoms with E-state index in [1.165, 1.54) is 25.5 Å². The first-order chi connectivity index (χ1) is 14.5. The van der Waals surface area contributed by atoms with Gasteiger partial charge in [0, 0.05) is 0 Å². The molecule has 0 saturated carbocycles. The molecule has 1 N–H and O–H groups in total. The van der Waals surface area contributed by atoms with Crippen molar-refractivity contribution in [2.45, 2.75) is 11.5 Å². The van der Waals surface area contributed by atoms with Gasteiger partial charge in [-0.2, -0.15) is 13.5 Å². The van der Waals surface area contributed by atoms with Crippen LogP contribution in [0.15, 0.2) is 88.9 Å². The lowest BCUT2D eigenvalue weighted by atomic mass is 10.1. The predicted octanol–water partition coefficient (Wildman–Crippen LogP) is 3.36. The topological polar surface area (TPSA) is 94.1 Å². The van der Waals surface area contributed by atoms with Crippen molar-refractivity contribution in [1.82, 2.24) is 4.83 Å². The lowest BCUT2D eigenvalue weighted by molar-refractivity contribution is 0.0600. The summed E-state index contributed by atoms with van der Waals surface area (Å²) in [5, 5.41) is 3.80. The van der Waals surface area contributed by atoms with E-state index in [0.29, 0.717) is 23.5 Å². The van der Waals surface area contributed by atoms with Gasteiger partial charge in [-0.3, -0.25) is 0 Å². The molecule has 0 atom stereocenters. The molecule has 0 saturated heterocycles. The quantitative estimate of drug-likeness (QED) is 0.340. The highest BCUT2D eigenvalue weighted by Crippen LogP contribution is 2.14. The van der Waals surface area contributed by atoms with Gasteiger partial charge in [0.05, 0.1) is 23.8 Å². The second-order valence-electron chi connectivity index (χ2n) is 6.21. The number of carbonyl (C=O) groups is 1. The van der Waals surface area contributed by atoms with Crippen molar-refractivity contribution in [3.8, 4) is 5.75 Å². The van der Waals surface area contributed by atoms with E-state index in [2.05, 4.69) is 14.7 Å². The van der Waals surface area contributed by atoms with Gasteiger partial charge in [-0.1, -0.05) is 30.3 Å². The van der Waals surface area contributed by atoms with E-state index >= 15 is 0 Å². The molecule has 0 heterocycles. The Balaban J connectivity index is 1.53. The number of nitrogens with one attached hydrogen (secondary N) is 1. The highest BCUT2D eigenvalue weighted by atomic mass is 32.2. The standard InChI is InChI=1S/C22H20N2O5S/c1-28-22(25)19-11-7-18(8-12-19)16-29-20-13-9-17(10-14-20)15-23-24-30(26,27)21-5-3-2-4-6-21/h2-15,24H,16H2,1H3. The molecule has 0 aliphatic heterocycles. The average Bonchev–Trinajstić information content (AvgIpc) is 2.79. The first kappa shape index (κ1) is 21.1. The molecule has 0 spiro atoms. The summed E-state index contributed by atoms with van der Waals surface area (Å²) in [4.78, 5) is 13.8. The van der Waals surface area contributed by atoms with Crippen LogP contribution in [0.5, 0.6) is 5.75 Å². The molecular formula is C22H20N2O5S. The number of hydrazone groups is 1. The number of methoxy groups -OCH3 is 1. The van der Waals surface area contributed by atoms with Crippen LogP contribution in [0, 0.1) is 0 Å². The Labute approximate surface area is 175 Å². The monoisotopic (exact) mass is 424 g/mol. The van der Waals surface area contributed by atoms with Gasteiger partial charge >= 0.3 is 5.97 Å². The summed E-state index contributed by atoms with van der Waals surface area (Å²) < 4.78 is 34.6. The van der Waals surface area contributed by atoms with E-state index in [1.54, 1.807) is 66.7 Å². The normalized spacial score (nSPS) is 11.2. The van der Waals surface area contributed by atoms with E-state index in [-0.39, 0.29) is 10.9 Å². The molecule has 7 nitrogen and oxygen atoms in total. The average molecular weight is 424 g/mol. The summed E-state index contributed by atoms with van der Waals surface area (Å²) in [5.41, 5.74) is 2.09. The molecule has 3 aromatic rings. The van der Waals surface area contributed by atoms with E-state index in [4.69, 9.17) is 4.74 Å². The minimum Gasteiger partial charge on any atom is -0.489 e. The maximum Gasteiger partial charge on any atom is 0.337 e. The van der Waals surface area contributed by atoms with Crippen LogP contribution in [-0.2, 0) is 21.4 Å². The first-order valence-electron chi connectivity index (χ1n) is 8.98. The lowest BCUT2D eigenvalue weighted by Gasteiger charge is -2.07. The number of benzene rings is 3. The van der Waals surface area contributed by atoms with Gasteiger partial charge in [0.15, 0.2) is 0 Å². The zero-order valence-corrected chi connectivity index (χ0v) is 17.0. The number of carbonyl (C=O) groups excluding carboxylic acids is 1. The molecule has 3 aromatic carbocycles. The fourth-order valence-corrected chi connectivity index (χ4v) is 3.31. The number of rotatable bonds is 8. The minimum absolute atomic E-state index is 0.144. The summed E-state index contributed by atoms with van der Waals surface area (Å²) in [7, 11) is -2.35. The molecule has 0 amide bonds. The Morgan fingerprint density at radius 3 is 2.27 bits per heavy atom. The molecule has 3 rings (SSSR count). The highest BCUT2D eigenvalue weighted by Gasteiger charge is 2.11. The fourth-order valence-electron chi connectivity index (χ4n) is 2.49. The molecule has 8 heteroatoms. The van der Waals surface area contributed by atoms with E-state index < -0.39 is 10.0 Å². The number of hydrogen-bond acceptors (Lipinski definition) is 6. The van der Waals surface area contributed by atoms with E-state index in [9.17, 15) is 13.2 Å². The molecule has 0 unspecified atom stereocenters. The molecule has 0 aliphatic rings. The van der Waals surface area contributed by atoms with Crippen LogP contribution in [-0.4, -0.2) is 27.7 Å². The Bertz CT molecular complexity index is 1110. The van der Waals surface area contributed by atoms with E-state index in [0.717, 1.165) is 5.56 Å². The Hall–Kier alpha value is -3.65. The van der Waals surface area contributed by atoms with Crippen molar-refractivity contribution >= 4 is 22.2 Å². The SMILES string of the molecule is COC(=O)c1ccc(COc2ccc(C=NNS(=O)(=O)c3ccccc3)cc2)cc1. The summed E-state index contributed by atoms with van der Waals surface area (Å²) in [6.07, 6.45) is 1.41. The molecule has 0 bridgehead atoms. The van der Waals surface area contributed by atoms with Crippen molar-refractivity contribution in [3.05, 3.63) is 95.6 Å². The molecule has 154 valence electrons. The van der Waals surface area contributed by atoms with Crippen LogP contribution in [0.2, 0.25) is 0 Å². The van der Waals surface area contributed by atoms with Crippen molar-refractivity contribution in [2.75, 3.05) is 7.11 Å². The molecule has 0 aromatic heterocycles. The van der Waals surface area contributed by atoms with Crippen LogP contribution in [0.4, 0.5) is 0 Å². The zero-order valence-electron chi connectivity index (χ0n) is 16.2.